The third-order valence-corrected chi connectivity index (χ3v) is 2.60. The number of pyridine rings is 1. The number of nitrogens with one attached hydrogen (secondary N) is 1. The number of aromatic nitrogens is 1. The van der Waals surface area contributed by atoms with Gasteiger partial charge in [0.15, 0.2) is 0 Å². The predicted molar refractivity (Wildman–Crippen MR) is 43.7 cm³/mol. The van der Waals surface area contributed by atoms with E-state index in [4.69, 9.17) is 0 Å². The molecule has 1 aliphatic carbocycles. The van der Waals surface area contributed by atoms with Gasteiger partial charge in [-0.25, -0.2) is 0 Å². The molecule has 1 fully saturated rings. The van der Waals surface area contributed by atoms with Gasteiger partial charge >= 0.3 is 0 Å². The predicted octanol–water partition coefficient (Wildman–Crippen LogP) is 1.67. The van der Waals surface area contributed by atoms with Gasteiger partial charge in [-0.1, -0.05) is 0 Å². The quantitative estimate of drug-likeness (QED) is 0.602. The Morgan fingerprint density at radius 2 is 2.55 bits per heavy atom. The molecule has 0 saturated heterocycles. The average Bonchev–Trinajstić information content (AvgIpc) is 2.63. The van der Waals surface area contributed by atoms with Gasteiger partial charge in [0.1, 0.15) is 0 Å². The summed E-state index contributed by atoms with van der Waals surface area (Å²) in [7, 11) is 0. The summed E-state index contributed by atoms with van der Waals surface area (Å²) in [5.74, 6) is 0.790. The molecule has 2 aliphatic rings. The molecule has 2 heterocycles. The van der Waals surface area contributed by atoms with E-state index in [0.717, 1.165) is 17.7 Å². The Hall–Kier alpha value is -1.05. The topological polar surface area (TPSA) is 24.9 Å². The minimum atomic E-state index is 0.744. The fraction of sp³-hybridized carbons (Fsp3) is 0.444. The zero-order chi connectivity index (χ0) is 7.42. The first-order chi connectivity index (χ1) is 5.34. The van der Waals surface area contributed by atoms with E-state index < -0.39 is 0 Å². The summed E-state index contributed by atoms with van der Waals surface area (Å²) in [6.07, 6.45) is 3.34. The Morgan fingerprint density at radius 1 is 1.64 bits per heavy atom. The van der Waals surface area contributed by atoms with Crippen molar-refractivity contribution in [1.82, 2.24) is 4.98 Å². The van der Waals surface area contributed by atoms with E-state index in [9.17, 15) is 0 Å². The molecule has 3 rings (SSSR count). The zero-order valence-corrected chi connectivity index (χ0v) is 6.46. The molecule has 1 aromatic heterocycles. The number of fused-ring (bicyclic) bond motifs is 3. The second kappa shape index (κ2) is 1.58. The summed E-state index contributed by atoms with van der Waals surface area (Å²) in [6, 6.07) is 2.88. The van der Waals surface area contributed by atoms with Crippen LogP contribution in [0.5, 0.6) is 0 Å². The van der Waals surface area contributed by atoms with Gasteiger partial charge in [0.2, 0.25) is 0 Å². The van der Waals surface area contributed by atoms with Crippen LogP contribution in [0, 0.1) is 6.92 Å². The van der Waals surface area contributed by atoms with Gasteiger partial charge in [0.05, 0.1) is 0 Å². The third-order valence-electron chi connectivity index (χ3n) is 2.60. The Kier molecular flexibility index (Phi) is 0.799. The van der Waals surface area contributed by atoms with Crippen molar-refractivity contribution >= 4 is 5.69 Å². The SMILES string of the molecule is Cc1cc2c(cn1)C1CC1N2. The average molecular weight is 146 g/mol. The van der Waals surface area contributed by atoms with Crippen LogP contribution in [-0.2, 0) is 0 Å². The van der Waals surface area contributed by atoms with Crippen LogP contribution in [0.1, 0.15) is 23.6 Å². The summed E-state index contributed by atoms with van der Waals surface area (Å²) in [6.45, 7) is 2.03. The van der Waals surface area contributed by atoms with E-state index in [0.29, 0.717) is 0 Å². The highest BCUT2D eigenvalue weighted by Gasteiger charge is 2.45. The second-order valence-corrected chi connectivity index (χ2v) is 3.51. The van der Waals surface area contributed by atoms with Gasteiger partial charge in [-0.15, -0.1) is 0 Å². The minimum absolute atomic E-state index is 0.744. The molecular weight excluding hydrogens is 136 g/mol. The highest BCUT2D eigenvalue weighted by molar-refractivity contribution is 5.63. The highest BCUT2D eigenvalue weighted by atomic mass is 15.0. The standard InChI is InChI=1S/C9H10N2/c1-5-2-8-7(4-10-5)6-3-9(6)11-8/h2,4,6,9,11H,3H2,1H3. The van der Waals surface area contributed by atoms with Crippen molar-refractivity contribution in [2.24, 2.45) is 0 Å². The molecule has 1 N–H and O–H groups in total. The molecule has 2 atom stereocenters. The van der Waals surface area contributed by atoms with Crippen molar-refractivity contribution in [3.05, 3.63) is 23.5 Å². The number of aryl methyl sites for hydroxylation is 1. The van der Waals surface area contributed by atoms with Crippen LogP contribution in [0.2, 0.25) is 0 Å². The van der Waals surface area contributed by atoms with E-state index >= 15 is 0 Å². The van der Waals surface area contributed by atoms with Gasteiger partial charge in [-0.3, -0.25) is 4.98 Å². The van der Waals surface area contributed by atoms with Gasteiger partial charge < -0.3 is 5.32 Å². The molecule has 0 radical (unpaired) electrons. The zero-order valence-electron chi connectivity index (χ0n) is 6.46. The third kappa shape index (κ3) is 0.642. The molecule has 56 valence electrons. The first-order valence-corrected chi connectivity index (χ1v) is 4.08. The van der Waals surface area contributed by atoms with Gasteiger partial charge in [0, 0.05) is 29.5 Å². The first-order valence-electron chi connectivity index (χ1n) is 4.08. The molecule has 0 amide bonds. The largest absolute Gasteiger partial charge is 0.381 e. The maximum atomic E-state index is 4.29. The molecule has 1 saturated carbocycles. The number of rotatable bonds is 0. The van der Waals surface area contributed by atoms with Crippen molar-refractivity contribution in [3.63, 3.8) is 0 Å². The Labute approximate surface area is 65.6 Å². The lowest BCUT2D eigenvalue weighted by Gasteiger charge is -2.03. The van der Waals surface area contributed by atoms with Crippen LogP contribution < -0.4 is 5.32 Å². The normalized spacial score (nSPS) is 30.6. The molecule has 11 heavy (non-hydrogen) atoms. The molecule has 2 nitrogen and oxygen atoms in total. The lowest BCUT2D eigenvalue weighted by Crippen LogP contribution is -1.96. The monoisotopic (exact) mass is 146 g/mol. The van der Waals surface area contributed by atoms with Crippen molar-refractivity contribution in [3.8, 4) is 0 Å². The van der Waals surface area contributed by atoms with Gasteiger partial charge in [-0.05, 0) is 25.0 Å². The number of hydrogen-bond donors (Lipinski definition) is 1. The lowest BCUT2D eigenvalue weighted by atomic mass is 10.2. The van der Waals surface area contributed by atoms with Crippen molar-refractivity contribution in [2.45, 2.75) is 25.3 Å². The van der Waals surface area contributed by atoms with Crippen LogP contribution in [0.15, 0.2) is 12.3 Å². The van der Waals surface area contributed by atoms with Gasteiger partial charge in [-0.2, -0.15) is 0 Å². The van der Waals surface area contributed by atoms with Crippen molar-refractivity contribution in [1.29, 1.82) is 0 Å². The molecule has 0 spiro atoms. The van der Waals surface area contributed by atoms with Crippen LogP contribution in [0.25, 0.3) is 0 Å². The smallest absolute Gasteiger partial charge is 0.0412 e. The van der Waals surface area contributed by atoms with Crippen molar-refractivity contribution < 1.29 is 0 Å². The molecule has 1 aliphatic heterocycles. The molecular formula is C9H10N2. The van der Waals surface area contributed by atoms with Crippen LogP contribution >= 0.6 is 0 Å². The molecule has 1 aromatic rings. The lowest BCUT2D eigenvalue weighted by molar-refractivity contribution is 1.10. The first kappa shape index (κ1) is 5.58. The Balaban J connectivity index is 2.18. The van der Waals surface area contributed by atoms with E-state index in [2.05, 4.69) is 16.4 Å². The van der Waals surface area contributed by atoms with E-state index in [-0.39, 0.29) is 0 Å². The second-order valence-electron chi connectivity index (χ2n) is 3.51. The van der Waals surface area contributed by atoms with E-state index in [1.165, 1.54) is 17.7 Å². The number of hydrogen-bond acceptors (Lipinski definition) is 2. The highest BCUT2D eigenvalue weighted by Crippen LogP contribution is 2.51. The number of anilines is 1. The number of nitrogens with zero attached hydrogens (tertiary/aromatic N) is 1. The molecule has 2 heteroatoms. The van der Waals surface area contributed by atoms with E-state index in [1.54, 1.807) is 0 Å². The molecule has 2 unspecified atom stereocenters. The Morgan fingerprint density at radius 3 is 3.45 bits per heavy atom. The molecule has 0 bridgehead atoms. The van der Waals surface area contributed by atoms with Gasteiger partial charge in [0.25, 0.3) is 0 Å². The fourth-order valence-electron chi connectivity index (χ4n) is 1.89. The Bertz CT molecular complexity index is 319. The summed E-state index contributed by atoms with van der Waals surface area (Å²) in [5, 5.41) is 3.47. The van der Waals surface area contributed by atoms with Crippen LogP contribution in [0.3, 0.4) is 0 Å². The van der Waals surface area contributed by atoms with Crippen molar-refractivity contribution in [2.75, 3.05) is 5.32 Å². The summed E-state index contributed by atoms with van der Waals surface area (Å²) < 4.78 is 0. The maximum Gasteiger partial charge on any atom is 0.0412 e. The summed E-state index contributed by atoms with van der Waals surface area (Å²) in [5.41, 5.74) is 3.86. The molecule has 0 aromatic carbocycles. The summed E-state index contributed by atoms with van der Waals surface area (Å²) >= 11 is 0. The van der Waals surface area contributed by atoms with E-state index in [1.807, 2.05) is 13.1 Å². The summed E-state index contributed by atoms with van der Waals surface area (Å²) in [4.78, 5) is 4.29. The van der Waals surface area contributed by atoms with Crippen LogP contribution in [0.4, 0.5) is 5.69 Å². The maximum absolute atomic E-state index is 4.29. The fourth-order valence-corrected chi connectivity index (χ4v) is 1.89. The van der Waals surface area contributed by atoms with Crippen LogP contribution in [-0.4, -0.2) is 11.0 Å². The minimum Gasteiger partial charge on any atom is -0.381 e.